The molecule has 1 aliphatic carbocycles. The van der Waals surface area contributed by atoms with Gasteiger partial charge in [0.1, 0.15) is 0 Å². The summed E-state index contributed by atoms with van der Waals surface area (Å²) in [5.41, 5.74) is 1.74. The fourth-order valence-electron chi connectivity index (χ4n) is 5.41. The van der Waals surface area contributed by atoms with E-state index in [1.807, 2.05) is 48.5 Å². The molecule has 6 aliphatic heterocycles. The van der Waals surface area contributed by atoms with E-state index in [4.69, 9.17) is 27.9 Å². The van der Waals surface area contributed by atoms with Crippen molar-refractivity contribution in [2.24, 2.45) is 0 Å². The maximum Gasteiger partial charge on any atom is 1.00 e. The van der Waals surface area contributed by atoms with E-state index in [0.29, 0.717) is 0 Å². The second-order valence-electron chi connectivity index (χ2n) is 8.00. The molecule has 7 aliphatic rings. The summed E-state index contributed by atoms with van der Waals surface area (Å²) in [5.74, 6) is 0. The Hall–Kier alpha value is 2.56. The maximum atomic E-state index is 6.38. The van der Waals surface area contributed by atoms with Crippen LogP contribution < -0.4 is 114 Å². The predicted octanol–water partition coefficient (Wildman–Crippen LogP) is -4.41. The van der Waals surface area contributed by atoms with Crippen molar-refractivity contribution < 1.29 is 131 Å². The first-order valence-corrected chi connectivity index (χ1v) is 11.0. The van der Waals surface area contributed by atoms with E-state index in [2.05, 4.69) is 31.9 Å². The van der Waals surface area contributed by atoms with Crippen LogP contribution in [0.1, 0.15) is 0 Å². The Morgan fingerprint density at radius 2 is 0.833 bits per heavy atom. The van der Waals surface area contributed by atoms with Crippen molar-refractivity contribution in [3.63, 3.8) is 0 Å². The van der Waals surface area contributed by atoms with Gasteiger partial charge in [0.2, 0.25) is 0 Å². The number of benzene rings is 2. The van der Waals surface area contributed by atoms with Crippen molar-refractivity contribution in [1.29, 1.82) is 0 Å². The van der Waals surface area contributed by atoms with Gasteiger partial charge in [0.05, 0.1) is 36.6 Å². The smallest absolute Gasteiger partial charge is 0.534 e. The Balaban J connectivity index is 0.000000963. The number of hydrogen-bond acceptors (Lipinski definition) is 6. The van der Waals surface area contributed by atoms with Gasteiger partial charge in [0.15, 0.2) is 0 Å². The molecule has 0 aromatic heterocycles. The second-order valence-corrected chi connectivity index (χ2v) is 9.83. The van der Waals surface area contributed by atoms with Crippen LogP contribution in [0.2, 0.25) is 0 Å². The van der Waals surface area contributed by atoms with Gasteiger partial charge in [-0.25, -0.2) is 0 Å². The van der Waals surface area contributed by atoms with E-state index >= 15 is 0 Å². The molecule has 0 radical (unpaired) electrons. The molecule has 0 atom stereocenters. The van der Waals surface area contributed by atoms with Crippen LogP contribution in [0.3, 0.4) is 0 Å². The van der Waals surface area contributed by atoms with E-state index in [1.54, 1.807) is 0 Å². The summed E-state index contributed by atoms with van der Waals surface area (Å²) in [6.45, 7) is -4.09. The van der Waals surface area contributed by atoms with Gasteiger partial charge >= 0.3 is 116 Å². The number of halogens is 2. The van der Waals surface area contributed by atoms with Crippen molar-refractivity contribution in [2.75, 3.05) is 0 Å². The Labute approximate surface area is 275 Å². The normalized spacial score (nSPS) is 43.9. The molecule has 0 unspecified atom stereocenters. The Kier molecular flexibility index (Phi) is 6.95. The van der Waals surface area contributed by atoms with Crippen molar-refractivity contribution in [3.05, 3.63) is 57.5 Å². The van der Waals surface area contributed by atoms with Crippen molar-refractivity contribution >= 4 is 56.3 Å². The molecule has 2 aromatic rings. The molecule has 6 saturated heterocycles. The SMILES string of the molecule is Brc1cccc([B-]23OC4C5O[B-]6(c7cccc(Br)c7)OC4C(O2)C(O6)C5O3)c1.[K+].[K+]. The number of hydrogen-bond donors (Lipinski definition) is 0. The summed E-state index contributed by atoms with van der Waals surface area (Å²) in [4.78, 5) is 0. The van der Waals surface area contributed by atoms with E-state index in [0.717, 1.165) is 19.9 Å². The third kappa shape index (κ3) is 3.41. The molecule has 6 nitrogen and oxygen atoms in total. The molecule has 7 fully saturated rings. The molecule has 2 aromatic carbocycles. The van der Waals surface area contributed by atoms with E-state index < -0.39 is 13.5 Å². The first kappa shape index (κ1) is 24.3. The molecular formula is C18H14B2Br2K2O6. The summed E-state index contributed by atoms with van der Waals surface area (Å²) >= 11 is 7.03. The van der Waals surface area contributed by atoms with Crippen molar-refractivity contribution in [3.8, 4) is 0 Å². The summed E-state index contributed by atoms with van der Waals surface area (Å²) in [7, 11) is 0. The zero-order valence-corrected chi connectivity index (χ0v) is 25.9. The minimum atomic E-state index is -2.04. The fraction of sp³-hybridized carbons (Fsp3) is 0.333. The summed E-state index contributed by atoms with van der Waals surface area (Å²) in [6.07, 6.45) is -1.42. The molecule has 6 heterocycles. The van der Waals surface area contributed by atoms with Gasteiger partial charge in [0, 0.05) is 8.95 Å². The van der Waals surface area contributed by atoms with Gasteiger partial charge < -0.3 is 27.9 Å². The molecule has 30 heavy (non-hydrogen) atoms. The topological polar surface area (TPSA) is 55.4 Å². The van der Waals surface area contributed by atoms with Crippen LogP contribution in [0.4, 0.5) is 0 Å². The van der Waals surface area contributed by atoms with Crippen LogP contribution in [-0.2, 0) is 27.9 Å². The standard InChI is InChI=1S/C18H14B2Br2O6.2K/c21-11-5-1-3-9(7-11)19-23-13-16-14(24-19)18-15(25-19)17(13)27-20(26-16,28-18)10-4-2-6-12(22)8-10;;/h1-8,13-18H;;/q-2;2*+1. The quantitative estimate of drug-likeness (QED) is 0.332. The monoisotopic (exact) mass is 584 g/mol. The molecule has 9 rings (SSSR count). The van der Waals surface area contributed by atoms with Gasteiger partial charge in [-0.1, -0.05) is 68.3 Å². The third-order valence-electron chi connectivity index (χ3n) is 6.47. The van der Waals surface area contributed by atoms with E-state index in [-0.39, 0.29) is 139 Å². The minimum Gasteiger partial charge on any atom is -0.534 e. The molecule has 8 bridgehead atoms. The average molecular weight is 586 g/mol. The van der Waals surface area contributed by atoms with E-state index in [1.165, 1.54) is 0 Å². The van der Waals surface area contributed by atoms with Crippen molar-refractivity contribution in [1.82, 2.24) is 0 Å². The Morgan fingerprint density at radius 3 is 1.10 bits per heavy atom. The summed E-state index contributed by atoms with van der Waals surface area (Å²) in [6, 6.07) is 15.7. The largest absolute Gasteiger partial charge is 1.00 e. The van der Waals surface area contributed by atoms with Crippen LogP contribution in [-0.4, -0.2) is 50.1 Å². The molecule has 0 amide bonds. The summed E-state index contributed by atoms with van der Waals surface area (Å²) < 4.78 is 40.2. The summed E-state index contributed by atoms with van der Waals surface area (Å²) in [5, 5.41) is 0. The molecule has 1 saturated carbocycles. The van der Waals surface area contributed by atoms with Gasteiger partial charge in [-0.2, -0.15) is 0 Å². The van der Waals surface area contributed by atoms with Crippen LogP contribution in [0.15, 0.2) is 57.5 Å². The molecule has 0 N–H and O–H groups in total. The first-order valence-electron chi connectivity index (χ1n) is 9.43. The van der Waals surface area contributed by atoms with Crippen LogP contribution in [0.25, 0.3) is 0 Å². The van der Waals surface area contributed by atoms with E-state index in [9.17, 15) is 0 Å². The molecule has 144 valence electrons. The minimum absolute atomic E-state index is 0. The second kappa shape index (κ2) is 8.60. The van der Waals surface area contributed by atoms with Crippen LogP contribution in [0.5, 0.6) is 0 Å². The zero-order valence-electron chi connectivity index (χ0n) is 16.4. The molecular weight excluding hydrogens is 572 g/mol. The van der Waals surface area contributed by atoms with Gasteiger partial charge in [-0.3, -0.25) is 0 Å². The van der Waals surface area contributed by atoms with Crippen LogP contribution >= 0.6 is 31.9 Å². The third-order valence-corrected chi connectivity index (χ3v) is 7.46. The number of rotatable bonds is 2. The molecule has 12 heteroatoms. The predicted molar refractivity (Wildman–Crippen MR) is 108 cm³/mol. The van der Waals surface area contributed by atoms with Crippen LogP contribution in [0, 0.1) is 0 Å². The maximum absolute atomic E-state index is 6.38. The average Bonchev–Trinajstić information content (AvgIpc) is 2.71. The van der Waals surface area contributed by atoms with Gasteiger partial charge in [-0.15, -0.1) is 10.9 Å². The Morgan fingerprint density at radius 1 is 0.533 bits per heavy atom. The van der Waals surface area contributed by atoms with Gasteiger partial charge in [-0.05, 0) is 12.1 Å². The van der Waals surface area contributed by atoms with Crippen molar-refractivity contribution in [2.45, 2.75) is 36.6 Å². The zero-order chi connectivity index (χ0) is 18.7. The Bertz CT molecular complexity index is 874. The fourth-order valence-corrected chi connectivity index (χ4v) is 6.24. The first-order chi connectivity index (χ1) is 13.6. The van der Waals surface area contributed by atoms with Gasteiger partial charge in [0.25, 0.3) is 0 Å². The molecule has 0 spiro atoms.